The first kappa shape index (κ1) is 20.5. The Kier molecular flexibility index (Phi) is 6.24. The van der Waals surface area contributed by atoms with Crippen LogP contribution >= 0.6 is 23.1 Å². The van der Waals surface area contributed by atoms with Gasteiger partial charge in [0.15, 0.2) is 17.3 Å². The summed E-state index contributed by atoms with van der Waals surface area (Å²) < 4.78 is 11.8. The Morgan fingerprint density at radius 1 is 1.21 bits per heavy atom. The van der Waals surface area contributed by atoms with Crippen LogP contribution in [0, 0.1) is 0 Å². The molecular formula is C17H18N6O4S2. The number of amides is 2. The highest BCUT2D eigenvalue weighted by Crippen LogP contribution is 2.32. The Balaban J connectivity index is 1.69. The molecule has 0 aliphatic carbocycles. The van der Waals surface area contributed by atoms with Crippen LogP contribution in [0.1, 0.15) is 10.4 Å². The number of nitrogens with zero attached hydrogens (tertiary/aromatic N) is 3. The van der Waals surface area contributed by atoms with Crippen molar-refractivity contribution in [3.8, 4) is 22.9 Å². The normalized spacial score (nSPS) is 10.6. The van der Waals surface area contributed by atoms with E-state index in [9.17, 15) is 9.59 Å². The minimum absolute atomic E-state index is 0.0252. The quantitative estimate of drug-likeness (QED) is 0.357. The third-order valence-electron chi connectivity index (χ3n) is 3.82. The molecule has 2 aromatic heterocycles. The molecule has 0 radical (unpaired) electrons. The summed E-state index contributed by atoms with van der Waals surface area (Å²) >= 11 is 2.33. The van der Waals surface area contributed by atoms with Gasteiger partial charge in [-0.05, 0) is 29.6 Å². The lowest BCUT2D eigenvalue weighted by Gasteiger charge is -2.09. The van der Waals surface area contributed by atoms with Crippen molar-refractivity contribution in [2.45, 2.75) is 5.16 Å². The SMILES string of the molecule is COc1ccc(-c2nnc(SCC(=O)Nc3sccc3C(N)=O)n2N)cc1OC. The van der Waals surface area contributed by atoms with E-state index in [1.54, 1.807) is 36.8 Å². The predicted molar refractivity (Wildman–Crippen MR) is 111 cm³/mol. The van der Waals surface area contributed by atoms with Crippen molar-refractivity contribution < 1.29 is 19.1 Å². The van der Waals surface area contributed by atoms with Gasteiger partial charge in [-0.3, -0.25) is 9.59 Å². The second-order valence-corrected chi connectivity index (χ2v) is 7.47. The zero-order valence-electron chi connectivity index (χ0n) is 15.5. The Hall–Kier alpha value is -3.25. The number of anilines is 1. The summed E-state index contributed by atoms with van der Waals surface area (Å²) in [5, 5.41) is 13.2. The maximum atomic E-state index is 12.2. The van der Waals surface area contributed by atoms with E-state index in [1.165, 1.54) is 23.1 Å². The number of primary amides is 1. The highest BCUT2D eigenvalue weighted by Gasteiger charge is 2.17. The van der Waals surface area contributed by atoms with Gasteiger partial charge in [0.1, 0.15) is 5.00 Å². The molecule has 12 heteroatoms. The average molecular weight is 435 g/mol. The summed E-state index contributed by atoms with van der Waals surface area (Å²) in [6, 6.07) is 6.80. The van der Waals surface area contributed by atoms with Gasteiger partial charge < -0.3 is 26.4 Å². The molecule has 0 spiro atoms. The number of aromatic nitrogens is 3. The number of hydrogen-bond acceptors (Lipinski definition) is 9. The summed E-state index contributed by atoms with van der Waals surface area (Å²) in [5.41, 5.74) is 6.22. The molecule has 0 saturated heterocycles. The van der Waals surface area contributed by atoms with E-state index in [0.717, 1.165) is 11.8 Å². The maximum absolute atomic E-state index is 12.2. The molecule has 2 amide bonds. The van der Waals surface area contributed by atoms with Gasteiger partial charge in [-0.25, -0.2) is 4.68 Å². The van der Waals surface area contributed by atoms with E-state index < -0.39 is 5.91 Å². The number of nitrogen functional groups attached to an aromatic ring is 1. The molecule has 1 aromatic carbocycles. The molecule has 0 bridgehead atoms. The Bertz CT molecular complexity index is 1050. The average Bonchev–Trinajstić information content (AvgIpc) is 3.32. The van der Waals surface area contributed by atoms with Crippen LogP contribution in [0.5, 0.6) is 11.5 Å². The van der Waals surface area contributed by atoms with Crippen molar-refractivity contribution in [1.82, 2.24) is 14.9 Å². The zero-order chi connectivity index (χ0) is 21.0. The molecule has 0 aliphatic rings. The van der Waals surface area contributed by atoms with Gasteiger partial charge in [0, 0.05) is 5.56 Å². The smallest absolute Gasteiger partial charge is 0.251 e. The molecule has 29 heavy (non-hydrogen) atoms. The van der Waals surface area contributed by atoms with E-state index in [4.69, 9.17) is 21.1 Å². The summed E-state index contributed by atoms with van der Waals surface area (Å²) in [5.74, 6) is 6.71. The van der Waals surface area contributed by atoms with Gasteiger partial charge in [0.05, 0.1) is 25.5 Å². The molecule has 0 fully saturated rings. The van der Waals surface area contributed by atoms with E-state index in [2.05, 4.69) is 15.5 Å². The van der Waals surface area contributed by atoms with Gasteiger partial charge in [-0.15, -0.1) is 21.5 Å². The molecule has 0 atom stereocenters. The molecule has 3 rings (SSSR count). The number of rotatable bonds is 8. The van der Waals surface area contributed by atoms with Crippen LogP contribution in [-0.2, 0) is 4.79 Å². The van der Waals surface area contributed by atoms with E-state index in [1.807, 2.05) is 0 Å². The molecule has 152 valence electrons. The summed E-state index contributed by atoms with van der Waals surface area (Å²) in [4.78, 5) is 23.5. The maximum Gasteiger partial charge on any atom is 0.251 e. The first-order valence-electron chi connectivity index (χ1n) is 8.17. The first-order valence-corrected chi connectivity index (χ1v) is 10.0. The van der Waals surface area contributed by atoms with Crippen LogP contribution in [0.25, 0.3) is 11.4 Å². The van der Waals surface area contributed by atoms with Gasteiger partial charge in [0.2, 0.25) is 11.1 Å². The van der Waals surface area contributed by atoms with Crippen molar-refractivity contribution in [2.24, 2.45) is 5.73 Å². The standard InChI is InChI=1S/C17H18N6O4S2/c1-26-11-4-3-9(7-12(11)27-2)15-21-22-17(23(15)19)29-8-13(24)20-16-10(14(18)25)5-6-28-16/h3-7H,8,19H2,1-2H3,(H2,18,25)(H,20,24). The molecule has 5 N–H and O–H groups in total. The highest BCUT2D eigenvalue weighted by atomic mass is 32.2. The van der Waals surface area contributed by atoms with Crippen LogP contribution in [0.2, 0.25) is 0 Å². The number of nitrogens with one attached hydrogen (secondary N) is 1. The number of nitrogens with two attached hydrogens (primary N) is 2. The fourth-order valence-corrected chi connectivity index (χ4v) is 3.91. The third-order valence-corrected chi connectivity index (χ3v) is 5.60. The highest BCUT2D eigenvalue weighted by molar-refractivity contribution is 7.99. The summed E-state index contributed by atoms with van der Waals surface area (Å²) in [6.07, 6.45) is 0. The van der Waals surface area contributed by atoms with Gasteiger partial charge in [0.25, 0.3) is 5.91 Å². The lowest BCUT2D eigenvalue weighted by atomic mass is 10.2. The van der Waals surface area contributed by atoms with Crippen molar-refractivity contribution in [2.75, 3.05) is 31.1 Å². The van der Waals surface area contributed by atoms with Crippen molar-refractivity contribution in [3.63, 3.8) is 0 Å². The van der Waals surface area contributed by atoms with Crippen molar-refractivity contribution in [3.05, 3.63) is 35.2 Å². The lowest BCUT2D eigenvalue weighted by Crippen LogP contribution is -2.18. The van der Waals surface area contributed by atoms with Crippen LogP contribution in [-0.4, -0.2) is 46.7 Å². The van der Waals surface area contributed by atoms with Gasteiger partial charge in [-0.1, -0.05) is 11.8 Å². The monoisotopic (exact) mass is 434 g/mol. The number of thiophene rings is 1. The second-order valence-electron chi connectivity index (χ2n) is 5.61. The van der Waals surface area contributed by atoms with Gasteiger partial charge in [-0.2, -0.15) is 0 Å². The molecule has 3 aromatic rings. The topological polar surface area (TPSA) is 147 Å². The van der Waals surface area contributed by atoms with Gasteiger partial charge >= 0.3 is 0 Å². The number of thioether (sulfide) groups is 1. The first-order chi connectivity index (χ1) is 13.9. The largest absolute Gasteiger partial charge is 0.493 e. The molecule has 0 saturated carbocycles. The van der Waals surface area contributed by atoms with Crippen molar-refractivity contribution in [1.29, 1.82) is 0 Å². The van der Waals surface area contributed by atoms with Crippen molar-refractivity contribution >= 4 is 39.9 Å². The number of hydrogen-bond donors (Lipinski definition) is 3. The summed E-state index contributed by atoms with van der Waals surface area (Å²) in [6.45, 7) is 0. The number of methoxy groups -OCH3 is 2. The predicted octanol–water partition coefficient (Wildman–Crippen LogP) is 1.57. The molecule has 0 unspecified atom stereocenters. The lowest BCUT2D eigenvalue weighted by molar-refractivity contribution is -0.113. The van der Waals surface area contributed by atoms with E-state index in [0.29, 0.717) is 33.0 Å². The Morgan fingerprint density at radius 3 is 2.66 bits per heavy atom. The van der Waals surface area contributed by atoms with Crippen LogP contribution in [0.15, 0.2) is 34.8 Å². The van der Waals surface area contributed by atoms with Crippen LogP contribution < -0.4 is 26.4 Å². The fourth-order valence-electron chi connectivity index (χ4n) is 2.44. The minimum Gasteiger partial charge on any atom is -0.493 e. The molecular weight excluding hydrogens is 416 g/mol. The van der Waals surface area contributed by atoms with Crippen LogP contribution in [0.4, 0.5) is 5.00 Å². The molecule has 10 nitrogen and oxygen atoms in total. The number of carbonyl (C=O) groups is 2. The molecule has 0 aliphatic heterocycles. The minimum atomic E-state index is -0.601. The third kappa shape index (κ3) is 4.43. The zero-order valence-corrected chi connectivity index (χ0v) is 17.2. The van der Waals surface area contributed by atoms with Crippen LogP contribution in [0.3, 0.4) is 0 Å². The number of ether oxygens (including phenoxy) is 2. The number of carbonyl (C=O) groups excluding carboxylic acids is 2. The Morgan fingerprint density at radius 2 is 1.97 bits per heavy atom. The summed E-state index contributed by atoms with van der Waals surface area (Å²) in [7, 11) is 3.08. The van der Waals surface area contributed by atoms with E-state index in [-0.39, 0.29) is 17.2 Å². The molecule has 2 heterocycles. The number of benzene rings is 1. The fraction of sp³-hybridized carbons (Fsp3) is 0.176. The second kappa shape index (κ2) is 8.84. The van der Waals surface area contributed by atoms with E-state index >= 15 is 0 Å². The Labute approximate surface area is 174 Å².